The van der Waals surface area contributed by atoms with Gasteiger partial charge in [-0.1, -0.05) is 19.1 Å². The second-order valence-corrected chi connectivity index (χ2v) is 5.80. The van der Waals surface area contributed by atoms with E-state index >= 15 is 0 Å². The summed E-state index contributed by atoms with van der Waals surface area (Å²) < 4.78 is 13.3. The van der Waals surface area contributed by atoms with E-state index in [4.69, 9.17) is 0 Å². The molecule has 0 fully saturated rings. The van der Waals surface area contributed by atoms with Gasteiger partial charge in [-0.15, -0.1) is 0 Å². The van der Waals surface area contributed by atoms with Crippen molar-refractivity contribution < 1.29 is 9.18 Å². The van der Waals surface area contributed by atoms with E-state index in [1.54, 1.807) is 28.8 Å². The van der Waals surface area contributed by atoms with Gasteiger partial charge in [0.15, 0.2) is 0 Å². The quantitative estimate of drug-likeness (QED) is 0.780. The second kappa shape index (κ2) is 8.17. The van der Waals surface area contributed by atoms with Crippen LogP contribution < -0.4 is 5.32 Å². The van der Waals surface area contributed by atoms with Crippen LogP contribution in [0.2, 0.25) is 0 Å². The van der Waals surface area contributed by atoms with Gasteiger partial charge in [0.25, 0.3) is 0 Å². The summed E-state index contributed by atoms with van der Waals surface area (Å²) in [6.07, 6.45) is 0. The van der Waals surface area contributed by atoms with Crippen LogP contribution in [-0.2, 0) is 4.79 Å². The molecule has 1 rings (SSSR count). The summed E-state index contributed by atoms with van der Waals surface area (Å²) in [6.45, 7) is 2.72. The summed E-state index contributed by atoms with van der Waals surface area (Å²) in [7, 11) is 3.63. The van der Waals surface area contributed by atoms with E-state index in [0.29, 0.717) is 12.1 Å². The molecule has 0 heterocycles. The predicted molar refractivity (Wildman–Crippen MR) is 78.8 cm³/mol. The maximum atomic E-state index is 13.3. The number of thioether (sulfide) groups is 1. The smallest absolute Gasteiger partial charge is 0.241 e. The number of hydrogen-bond acceptors (Lipinski definition) is 3. The van der Waals surface area contributed by atoms with Gasteiger partial charge < -0.3 is 5.32 Å². The minimum atomic E-state index is -0.456. The Kier molecular flexibility index (Phi) is 6.87. The number of nitrogens with one attached hydrogen (secondary N) is 1. The number of carbonyl (C=O) groups is 1. The maximum absolute atomic E-state index is 13.3. The molecule has 0 aliphatic heterocycles. The second-order valence-electron chi connectivity index (χ2n) is 4.41. The topological polar surface area (TPSA) is 32.3 Å². The third kappa shape index (κ3) is 5.20. The van der Waals surface area contributed by atoms with E-state index in [-0.39, 0.29) is 11.7 Å². The Morgan fingerprint density at radius 3 is 2.79 bits per heavy atom. The van der Waals surface area contributed by atoms with Crippen LogP contribution in [0.1, 0.15) is 18.5 Å². The zero-order valence-corrected chi connectivity index (χ0v) is 12.5. The Labute approximate surface area is 118 Å². The molecule has 3 nitrogen and oxygen atoms in total. The van der Waals surface area contributed by atoms with Crippen molar-refractivity contribution in [2.24, 2.45) is 0 Å². The van der Waals surface area contributed by atoms with E-state index in [2.05, 4.69) is 12.2 Å². The van der Waals surface area contributed by atoms with Gasteiger partial charge in [0.2, 0.25) is 5.91 Å². The summed E-state index contributed by atoms with van der Waals surface area (Å²) in [5.41, 5.74) is 0.672. The lowest BCUT2D eigenvalue weighted by molar-refractivity contribution is -0.125. The zero-order chi connectivity index (χ0) is 14.3. The molecule has 1 atom stereocenters. The number of hydrogen-bond donors (Lipinski definition) is 1. The summed E-state index contributed by atoms with van der Waals surface area (Å²) in [6, 6.07) is 5.73. The summed E-state index contributed by atoms with van der Waals surface area (Å²) in [5, 5.41) is 2.89. The summed E-state index contributed by atoms with van der Waals surface area (Å²) in [4.78, 5) is 14.0. The Hall–Kier alpha value is -1.07. The molecule has 5 heteroatoms. The molecular formula is C14H21FN2OS. The van der Waals surface area contributed by atoms with Crippen LogP contribution in [0.4, 0.5) is 4.39 Å². The molecule has 106 valence electrons. The number of benzene rings is 1. The van der Waals surface area contributed by atoms with Gasteiger partial charge in [-0.3, -0.25) is 9.69 Å². The van der Waals surface area contributed by atoms with Crippen LogP contribution in [0.25, 0.3) is 0 Å². The third-order valence-electron chi connectivity index (χ3n) is 2.68. The fourth-order valence-electron chi connectivity index (χ4n) is 1.85. The van der Waals surface area contributed by atoms with Gasteiger partial charge in [-0.05, 0) is 37.5 Å². The van der Waals surface area contributed by atoms with Crippen molar-refractivity contribution in [3.8, 4) is 0 Å². The van der Waals surface area contributed by atoms with Crippen LogP contribution >= 0.6 is 11.8 Å². The molecule has 0 radical (unpaired) electrons. The predicted octanol–water partition coefficient (Wildman–Crippen LogP) is 2.30. The Morgan fingerprint density at radius 2 is 2.21 bits per heavy atom. The van der Waals surface area contributed by atoms with Crippen molar-refractivity contribution in [2.45, 2.75) is 13.0 Å². The first-order chi connectivity index (χ1) is 9.06. The molecule has 0 aliphatic rings. The van der Waals surface area contributed by atoms with Crippen LogP contribution in [0.3, 0.4) is 0 Å². The fraction of sp³-hybridized carbons (Fsp3) is 0.500. The lowest BCUT2D eigenvalue weighted by Gasteiger charge is -2.23. The molecule has 0 saturated heterocycles. The van der Waals surface area contributed by atoms with Crippen molar-refractivity contribution in [2.75, 3.05) is 32.1 Å². The largest absolute Gasteiger partial charge is 0.354 e. The standard InChI is InChI=1S/C14H21FN2OS/c1-4-19-9-8-16-14(18)13(17(2)3)11-6-5-7-12(15)10-11/h5-7,10,13H,4,8-9H2,1-3H3,(H,16,18)/t13-/m0/s1. The first-order valence-electron chi connectivity index (χ1n) is 6.33. The Balaban J connectivity index is 2.69. The monoisotopic (exact) mass is 284 g/mol. The number of halogens is 1. The molecule has 1 aromatic carbocycles. The van der Waals surface area contributed by atoms with Gasteiger partial charge in [0, 0.05) is 12.3 Å². The van der Waals surface area contributed by atoms with E-state index in [0.717, 1.165) is 11.5 Å². The minimum absolute atomic E-state index is 0.0905. The van der Waals surface area contributed by atoms with Crippen molar-refractivity contribution in [1.29, 1.82) is 0 Å². The van der Waals surface area contributed by atoms with E-state index in [1.165, 1.54) is 12.1 Å². The number of carbonyl (C=O) groups excluding carboxylic acids is 1. The molecule has 0 aromatic heterocycles. The van der Waals surface area contributed by atoms with Crippen molar-refractivity contribution in [3.05, 3.63) is 35.6 Å². The van der Waals surface area contributed by atoms with E-state index < -0.39 is 6.04 Å². The van der Waals surface area contributed by atoms with Gasteiger partial charge in [0.05, 0.1) is 0 Å². The van der Waals surface area contributed by atoms with Crippen molar-refractivity contribution >= 4 is 17.7 Å². The highest BCUT2D eigenvalue weighted by molar-refractivity contribution is 7.99. The molecule has 0 aliphatic carbocycles. The first-order valence-corrected chi connectivity index (χ1v) is 7.49. The lowest BCUT2D eigenvalue weighted by Crippen LogP contribution is -2.38. The lowest BCUT2D eigenvalue weighted by atomic mass is 10.1. The van der Waals surface area contributed by atoms with Gasteiger partial charge in [0.1, 0.15) is 11.9 Å². The summed E-state index contributed by atoms with van der Waals surface area (Å²) >= 11 is 1.78. The first kappa shape index (κ1) is 16.0. The molecule has 1 N–H and O–H groups in total. The Morgan fingerprint density at radius 1 is 1.47 bits per heavy atom. The third-order valence-corrected chi connectivity index (χ3v) is 3.58. The molecule has 0 spiro atoms. The minimum Gasteiger partial charge on any atom is -0.354 e. The SMILES string of the molecule is CCSCCNC(=O)[C@H](c1cccc(F)c1)N(C)C. The number of amides is 1. The van der Waals surface area contributed by atoms with Crippen LogP contribution in [0, 0.1) is 5.82 Å². The average molecular weight is 284 g/mol. The number of nitrogens with zero attached hydrogens (tertiary/aromatic N) is 1. The molecule has 0 bridgehead atoms. The fourth-order valence-corrected chi connectivity index (χ4v) is 2.38. The van der Waals surface area contributed by atoms with Gasteiger partial charge in [-0.2, -0.15) is 11.8 Å². The number of rotatable bonds is 7. The van der Waals surface area contributed by atoms with Crippen LogP contribution in [-0.4, -0.2) is 43.0 Å². The van der Waals surface area contributed by atoms with Crippen LogP contribution in [0.15, 0.2) is 24.3 Å². The Bertz CT molecular complexity index is 412. The summed E-state index contributed by atoms with van der Waals surface area (Å²) in [5.74, 6) is 1.52. The molecule has 0 saturated carbocycles. The molecule has 0 unspecified atom stereocenters. The van der Waals surface area contributed by atoms with E-state index in [9.17, 15) is 9.18 Å². The van der Waals surface area contributed by atoms with Crippen molar-refractivity contribution in [1.82, 2.24) is 10.2 Å². The molecular weight excluding hydrogens is 263 g/mol. The molecule has 1 amide bonds. The number of likely N-dealkylation sites (N-methyl/N-ethyl adjacent to an activating group) is 1. The highest BCUT2D eigenvalue weighted by Gasteiger charge is 2.22. The van der Waals surface area contributed by atoms with Gasteiger partial charge >= 0.3 is 0 Å². The van der Waals surface area contributed by atoms with Crippen molar-refractivity contribution in [3.63, 3.8) is 0 Å². The average Bonchev–Trinajstić information content (AvgIpc) is 2.34. The normalized spacial score (nSPS) is 12.5. The van der Waals surface area contributed by atoms with Crippen LogP contribution in [0.5, 0.6) is 0 Å². The molecule has 1 aromatic rings. The highest BCUT2D eigenvalue weighted by atomic mass is 32.2. The van der Waals surface area contributed by atoms with Gasteiger partial charge in [-0.25, -0.2) is 4.39 Å². The van der Waals surface area contributed by atoms with E-state index in [1.807, 2.05) is 14.1 Å². The zero-order valence-electron chi connectivity index (χ0n) is 11.6. The highest BCUT2D eigenvalue weighted by Crippen LogP contribution is 2.19. The molecule has 19 heavy (non-hydrogen) atoms. The maximum Gasteiger partial charge on any atom is 0.241 e.